The zero-order valence-corrected chi connectivity index (χ0v) is 8.09. The summed E-state index contributed by atoms with van der Waals surface area (Å²) < 4.78 is 26.1. The van der Waals surface area contributed by atoms with Gasteiger partial charge < -0.3 is 4.40 Å². The van der Waals surface area contributed by atoms with Crippen LogP contribution < -0.4 is 0 Å². The van der Waals surface area contributed by atoms with E-state index in [0.29, 0.717) is 10.7 Å². The fraction of sp³-hybridized carbons (Fsp3) is 0.222. The highest BCUT2D eigenvalue weighted by molar-refractivity contribution is 6.34. The van der Waals surface area contributed by atoms with Crippen molar-refractivity contribution in [2.24, 2.45) is 0 Å². The van der Waals surface area contributed by atoms with E-state index in [1.54, 1.807) is 19.2 Å². The van der Waals surface area contributed by atoms with Crippen LogP contribution in [-0.2, 0) is 0 Å². The van der Waals surface area contributed by atoms with Crippen LogP contribution in [-0.4, -0.2) is 9.38 Å². The lowest BCUT2D eigenvalue weighted by Crippen LogP contribution is -1.85. The van der Waals surface area contributed by atoms with Crippen molar-refractivity contribution < 1.29 is 8.78 Å². The lowest BCUT2D eigenvalue weighted by molar-refractivity contribution is 0.147. The Morgan fingerprint density at radius 3 is 2.86 bits per heavy atom. The maximum atomic E-state index is 12.3. The van der Waals surface area contributed by atoms with Crippen LogP contribution in [0.1, 0.15) is 17.7 Å². The van der Waals surface area contributed by atoms with E-state index in [1.165, 1.54) is 10.6 Å². The molecule has 0 amide bonds. The number of hydrogen-bond acceptors (Lipinski definition) is 1. The van der Waals surface area contributed by atoms with Crippen LogP contribution in [0.2, 0.25) is 5.02 Å². The van der Waals surface area contributed by atoms with Crippen molar-refractivity contribution in [1.82, 2.24) is 9.38 Å². The minimum Gasteiger partial charge on any atom is -0.305 e. The summed E-state index contributed by atoms with van der Waals surface area (Å²) in [7, 11) is 0. The Balaban J connectivity index is 2.71. The van der Waals surface area contributed by atoms with E-state index in [2.05, 4.69) is 4.98 Å². The SMILES string of the molecule is Cc1ccn2cc(C(F)F)nc2c1Cl. The molecule has 2 nitrogen and oxygen atoms in total. The van der Waals surface area contributed by atoms with Crippen molar-refractivity contribution in [3.05, 3.63) is 34.7 Å². The Morgan fingerprint density at radius 2 is 2.21 bits per heavy atom. The van der Waals surface area contributed by atoms with E-state index in [-0.39, 0.29) is 5.69 Å². The second-order valence-corrected chi connectivity index (χ2v) is 3.39. The quantitative estimate of drug-likeness (QED) is 0.715. The molecule has 2 aromatic rings. The average molecular weight is 217 g/mol. The van der Waals surface area contributed by atoms with Crippen LogP contribution in [0, 0.1) is 6.92 Å². The Labute approximate surface area is 84.1 Å². The lowest BCUT2D eigenvalue weighted by Gasteiger charge is -1.98. The highest BCUT2D eigenvalue weighted by Gasteiger charge is 2.13. The topological polar surface area (TPSA) is 17.3 Å². The second-order valence-electron chi connectivity index (χ2n) is 3.01. The molecule has 2 heterocycles. The summed E-state index contributed by atoms with van der Waals surface area (Å²) >= 11 is 5.92. The molecule has 0 atom stereocenters. The van der Waals surface area contributed by atoms with Gasteiger partial charge in [-0.3, -0.25) is 0 Å². The van der Waals surface area contributed by atoms with Crippen LogP contribution in [0.4, 0.5) is 8.78 Å². The van der Waals surface area contributed by atoms with Gasteiger partial charge in [0.1, 0.15) is 5.69 Å². The molecule has 0 aliphatic carbocycles. The normalized spacial score (nSPS) is 11.5. The summed E-state index contributed by atoms with van der Waals surface area (Å²) in [5, 5.41) is 0.416. The molecule has 0 unspecified atom stereocenters. The van der Waals surface area contributed by atoms with Crippen LogP contribution in [0.25, 0.3) is 5.65 Å². The van der Waals surface area contributed by atoms with Crippen molar-refractivity contribution in [3.63, 3.8) is 0 Å². The van der Waals surface area contributed by atoms with Crippen molar-refractivity contribution in [3.8, 4) is 0 Å². The molecular weight excluding hydrogens is 210 g/mol. The first kappa shape index (κ1) is 9.40. The highest BCUT2D eigenvalue weighted by Crippen LogP contribution is 2.24. The molecule has 74 valence electrons. The van der Waals surface area contributed by atoms with Gasteiger partial charge in [0.2, 0.25) is 0 Å². The smallest absolute Gasteiger partial charge is 0.281 e. The number of hydrogen-bond donors (Lipinski definition) is 0. The maximum Gasteiger partial charge on any atom is 0.281 e. The molecule has 0 bridgehead atoms. The first-order valence-corrected chi connectivity index (χ1v) is 4.39. The molecular formula is C9H7ClF2N2. The summed E-state index contributed by atoms with van der Waals surface area (Å²) in [4.78, 5) is 3.75. The molecule has 0 radical (unpaired) electrons. The number of aromatic nitrogens is 2. The Morgan fingerprint density at radius 1 is 1.50 bits per heavy atom. The van der Waals surface area contributed by atoms with Gasteiger partial charge in [0.25, 0.3) is 6.43 Å². The fourth-order valence-corrected chi connectivity index (χ4v) is 1.44. The number of nitrogens with zero attached hydrogens (tertiary/aromatic N) is 2. The third-order valence-corrected chi connectivity index (χ3v) is 2.47. The third kappa shape index (κ3) is 1.35. The summed E-state index contributed by atoms with van der Waals surface area (Å²) in [5.74, 6) is 0. The van der Waals surface area contributed by atoms with Crippen molar-refractivity contribution in [1.29, 1.82) is 0 Å². The first-order chi connectivity index (χ1) is 6.59. The highest BCUT2D eigenvalue weighted by atomic mass is 35.5. The van der Waals surface area contributed by atoms with E-state index in [9.17, 15) is 8.78 Å². The van der Waals surface area contributed by atoms with Crippen LogP contribution >= 0.6 is 11.6 Å². The monoisotopic (exact) mass is 216 g/mol. The van der Waals surface area contributed by atoms with Gasteiger partial charge in [0.05, 0.1) is 5.02 Å². The summed E-state index contributed by atoms with van der Waals surface area (Å²) in [6.45, 7) is 1.80. The number of pyridine rings is 1. The van der Waals surface area contributed by atoms with Crippen molar-refractivity contribution in [2.45, 2.75) is 13.3 Å². The minimum absolute atomic E-state index is 0.252. The van der Waals surface area contributed by atoms with Gasteiger partial charge in [-0.15, -0.1) is 0 Å². The number of rotatable bonds is 1. The Bertz CT molecular complexity index is 479. The van der Waals surface area contributed by atoms with Gasteiger partial charge in [0, 0.05) is 12.4 Å². The van der Waals surface area contributed by atoms with E-state index >= 15 is 0 Å². The van der Waals surface area contributed by atoms with Gasteiger partial charge in [0.15, 0.2) is 5.65 Å². The predicted molar refractivity (Wildman–Crippen MR) is 49.9 cm³/mol. The Kier molecular flexibility index (Phi) is 2.15. The van der Waals surface area contributed by atoms with E-state index < -0.39 is 6.43 Å². The number of imidazole rings is 1. The molecule has 0 aromatic carbocycles. The third-order valence-electron chi connectivity index (χ3n) is 2.00. The zero-order valence-electron chi connectivity index (χ0n) is 7.34. The number of alkyl halides is 2. The molecule has 0 saturated carbocycles. The largest absolute Gasteiger partial charge is 0.305 e. The molecule has 0 spiro atoms. The fourth-order valence-electron chi connectivity index (χ4n) is 1.24. The summed E-state index contributed by atoms with van der Waals surface area (Å²) in [5.41, 5.74) is 0.949. The molecule has 2 rings (SSSR count). The molecule has 5 heteroatoms. The standard InChI is InChI=1S/C9H7ClF2N2/c1-5-2-3-14-4-6(8(11)12)13-9(14)7(5)10/h2-4,8H,1H3. The van der Waals surface area contributed by atoms with Crippen LogP contribution in [0.5, 0.6) is 0 Å². The van der Waals surface area contributed by atoms with E-state index in [1.807, 2.05) is 0 Å². The van der Waals surface area contributed by atoms with Gasteiger partial charge in [-0.25, -0.2) is 13.8 Å². The average Bonchev–Trinajstić information content (AvgIpc) is 2.56. The summed E-state index contributed by atoms with van der Waals surface area (Å²) in [6.07, 6.45) is 0.382. The van der Waals surface area contributed by atoms with Gasteiger partial charge in [-0.2, -0.15) is 0 Å². The van der Waals surface area contributed by atoms with E-state index in [4.69, 9.17) is 11.6 Å². The van der Waals surface area contributed by atoms with E-state index in [0.717, 1.165) is 5.56 Å². The molecule has 0 aliphatic heterocycles. The van der Waals surface area contributed by atoms with Crippen molar-refractivity contribution >= 4 is 17.2 Å². The first-order valence-electron chi connectivity index (χ1n) is 4.01. The molecule has 0 N–H and O–H groups in total. The number of aryl methyl sites for hydroxylation is 1. The predicted octanol–water partition coefficient (Wildman–Crippen LogP) is 3.23. The Hall–Kier alpha value is -1.16. The van der Waals surface area contributed by atoms with Crippen LogP contribution in [0.15, 0.2) is 18.5 Å². The number of halogens is 3. The van der Waals surface area contributed by atoms with Crippen LogP contribution in [0.3, 0.4) is 0 Å². The molecule has 0 saturated heterocycles. The maximum absolute atomic E-state index is 12.3. The molecule has 14 heavy (non-hydrogen) atoms. The zero-order chi connectivity index (χ0) is 10.3. The molecule has 2 aromatic heterocycles. The second kappa shape index (κ2) is 3.20. The summed E-state index contributed by atoms with van der Waals surface area (Å²) in [6, 6.07) is 1.76. The lowest BCUT2D eigenvalue weighted by atomic mass is 10.3. The van der Waals surface area contributed by atoms with Crippen molar-refractivity contribution in [2.75, 3.05) is 0 Å². The number of fused-ring (bicyclic) bond motifs is 1. The molecule has 0 fully saturated rings. The van der Waals surface area contributed by atoms with Gasteiger partial charge in [-0.1, -0.05) is 11.6 Å². The molecule has 0 aliphatic rings. The van der Waals surface area contributed by atoms with Gasteiger partial charge in [-0.05, 0) is 18.6 Å². The van der Waals surface area contributed by atoms with Gasteiger partial charge >= 0.3 is 0 Å². The minimum atomic E-state index is -2.56.